The van der Waals surface area contributed by atoms with E-state index >= 15 is 0 Å². The predicted octanol–water partition coefficient (Wildman–Crippen LogP) is 4.76. The van der Waals surface area contributed by atoms with Crippen LogP contribution in [-0.2, 0) is 16.8 Å². The molecule has 1 aliphatic heterocycles. The van der Waals surface area contributed by atoms with Crippen LogP contribution in [0.3, 0.4) is 0 Å². The Morgan fingerprint density at radius 3 is 2.43 bits per heavy atom. The van der Waals surface area contributed by atoms with E-state index in [2.05, 4.69) is 34.6 Å². The second kappa shape index (κ2) is 8.94. The highest BCUT2D eigenvalue weighted by Gasteiger charge is 2.29. The highest BCUT2D eigenvalue weighted by Crippen LogP contribution is 2.37. The van der Waals surface area contributed by atoms with Gasteiger partial charge in [0.25, 0.3) is 11.8 Å². The second-order valence-corrected chi connectivity index (χ2v) is 8.76. The fraction of sp³-hybridized carbons (Fsp3) is 0.500. The Hall–Kier alpha value is -2.76. The third-order valence-electron chi connectivity index (χ3n) is 5.23. The molecule has 1 aromatic carbocycles. The highest BCUT2D eigenvalue weighted by molar-refractivity contribution is 5.98. The van der Waals surface area contributed by atoms with E-state index in [1.165, 1.54) is 0 Å². The summed E-state index contributed by atoms with van der Waals surface area (Å²) in [5.41, 5.74) is 1.81. The minimum Gasteiger partial charge on any atom is -0.482 e. The standard InChI is InChI=1S/C24H32N2O4/c1-6-12-25(13-7-2)23(28)21-11-9-18(30-21)15-26-19-14-17(24(3,4)5)8-10-20(19)29-16-22(26)27/h8-11,14H,6-7,12-13,15-16H2,1-5H3. The Bertz CT molecular complexity index is 904. The van der Waals surface area contributed by atoms with Crippen molar-refractivity contribution in [3.63, 3.8) is 0 Å². The number of nitrogens with zero attached hydrogens (tertiary/aromatic N) is 2. The molecule has 2 amide bonds. The monoisotopic (exact) mass is 412 g/mol. The Morgan fingerprint density at radius 1 is 1.10 bits per heavy atom. The van der Waals surface area contributed by atoms with E-state index in [1.807, 2.05) is 23.1 Å². The van der Waals surface area contributed by atoms with Crippen molar-refractivity contribution in [2.75, 3.05) is 24.6 Å². The van der Waals surface area contributed by atoms with Crippen LogP contribution in [0.2, 0.25) is 0 Å². The molecule has 0 aliphatic carbocycles. The molecule has 2 aromatic rings. The number of ether oxygens (including phenoxy) is 1. The van der Waals surface area contributed by atoms with Crippen LogP contribution in [0.1, 0.15) is 69.3 Å². The van der Waals surface area contributed by atoms with Crippen molar-refractivity contribution in [1.82, 2.24) is 4.90 Å². The number of amides is 2. The minimum absolute atomic E-state index is 0.00482. The van der Waals surface area contributed by atoms with Crippen LogP contribution in [-0.4, -0.2) is 36.4 Å². The summed E-state index contributed by atoms with van der Waals surface area (Å²) >= 11 is 0. The van der Waals surface area contributed by atoms with Crippen molar-refractivity contribution in [3.8, 4) is 5.75 Å². The van der Waals surface area contributed by atoms with Crippen LogP contribution in [0.25, 0.3) is 0 Å². The van der Waals surface area contributed by atoms with Crippen molar-refractivity contribution < 1.29 is 18.7 Å². The largest absolute Gasteiger partial charge is 0.482 e. The number of carbonyl (C=O) groups excluding carboxylic acids is 2. The zero-order valence-electron chi connectivity index (χ0n) is 18.7. The molecule has 0 N–H and O–H groups in total. The lowest BCUT2D eigenvalue weighted by Gasteiger charge is -2.31. The van der Waals surface area contributed by atoms with Crippen LogP contribution in [0.15, 0.2) is 34.7 Å². The Morgan fingerprint density at radius 2 is 1.80 bits per heavy atom. The number of hydrogen-bond donors (Lipinski definition) is 0. The molecule has 0 unspecified atom stereocenters. The maximum absolute atomic E-state index is 12.8. The van der Waals surface area contributed by atoms with Gasteiger partial charge in [-0.3, -0.25) is 14.5 Å². The van der Waals surface area contributed by atoms with Crippen LogP contribution < -0.4 is 9.64 Å². The van der Waals surface area contributed by atoms with Gasteiger partial charge < -0.3 is 14.1 Å². The van der Waals surface area contributed by atoms with E-state index in [4.69, 9.17) is 9.15 Å². The molecule has 162 valence electrons. The molecule has 30 heavy (non-hydrogen) atoms. The maximum atomic E-state index is 12.8. The van der Waals surface area contributed by atoms with Gasteiger partial charge in [0.05, 0.1) is 12.2 Å². The number of anilines is 1. The summed E-state index contributed by atoms with van der Waals surface area (Å²) in [6.45, 7) is 12.2. The summed E-state index contributed by atoms with van der Waals surface area (Å²) in [5.74, 6) is 1.34. The van der Waals surface area contributed by atoms with Gasteiger partial charge in [0, 0.05) is 13.1 Å². The molecule has 1 aromatic heterocycles. The summed E-state index contributed by atoms with van der Waals surface area (Å²) in [7, 11) is 0. The van der Waals surface area contributed by atoms with Gasteiger partial charge in [0.1, 0.15) is 11.5 Å². The zero-order chi connectivity index (χ0) is 21.9. The van der Waals surface area contributed by atoms with E-state index in [1.54, 1.807) is 17.0 Å². The van der Waals surface area contributed by atoms with Gasteiger partial charge in [-0.25, -0.2) is 0 Å². The topological polar surface area (TPSA) is 63.0 Å². The molecule has 0 atom stereocenters. The quantitative estimate of drug-likeness (QED) is 0.657. The fourth-order valence-corrected chi connectivity index (χ4v) is 3.59. The molecule has 3 rings (SSSR count). The molecule has 1 aliphatic rings. The first-order valence-corrected chi connectivity index (χ1v) is 10.7. The number of benzene rings is 1. The van der Waals surface area contributed by atoms with Gasteiger partial charge in [-0.15, -0.1) is 0 Å². The van der Waals surface area contributed by atoms with Crippen LogP contribution in [0, 0.1) is 0 Å². The molecule has 0 fully saturated rings. The maximum Gasteiger partial charge on any atom is 0.289 e. The van der Waals surface area contributed by atoms with Crippen LogP contribution in [0.5, 0.6) is 5.75 Å². The van der Waals surface area contributed by atoms with E-state index in [0.29, 0.717) is 30.4 Å². The average Bonchev–Trinajstić information content (AvgIpc) is 3.17. The minimum atomic E-state index is -0.128. The normalized spacial score (nSPS) is 13.8. The summed E-state index contributed by atoms with van der Waals surface area (Å²) < 4.78 is 11.5. The lowest BCUT2D eigenvalue weighted by atomic mass is 9.86. The second-order valence-electron chi connectivity index (χ2n) is 8.76. The Kier molecular flexibility index (Phi) is 6.54. The Labute approximate surface area is 178 Å². The summed E-state index contributed by atoms with van der Waals surface area (Å²) in [6.07, 6.45) is 1.79. The smallest absolute Gasteiger partial charge is 0.289 e. The van der Waals surface area contributed by atoms with Gasteiger partial charge in [0.15, 0.2) is 12.4 Å². The number of hydrogen-bond acceptors (Lipinski definition) is 4. The molecule has 0 saturated heterocycles. The number of rotatable bonds is 7. The van der Waals surface area contributed by atoms with E-state index in [9.17, 15) is 9.59 Å². The molecule has 6 heteroatoms. The predicted molar refractivity (Wildman–Crippen MR) is 117 cm³/mol. The molecule has 2 heterocycles. The SMILES string of the molecule is CCCN(CCC)C(=O)c1ccc(CN2C(=O)COc3ccc(C(C)(C)C)cc32)o1. The van der Waals surface area contributed by atoms with E-state index in [-0.39, 0.29) is 30.4 Å². The van der Waals surface area contributed by atoms with E-state index < -0.39 is 0 Å². The number of furan rings is 1. The third kappa shape index (κ3) is 4.69. The Balaban J connectivity index is 1.84. The first kappa shape index (κ1) is 21.9. The number of carbonyl (C=O) groups is 2. The van der Waals surface area contributed by atoms with E-state index in [0.717, 1.165) is 24.1 Å². The third-order valence-corrected chi connectivity index (χ3v) is 5.23. The first-order valence-electron chi connectivity index (χ1n) is 10.7. The van der Waals surface area contributed by atoms with Crippen molar-refractivity contribution in [3.05, 3.63) is 47.4 Å². The van der Waals surface area contributed by atoms with Crippen LogP contribution in [0.4, 0.5) is 5.69 Å². The zero-order valence-corrected chi connectivity index (χ0v) is 18.7. The van der Waals surface area contributed by atoms with Gasteiger partial charge in [-0.2, -0.15) is 0 Å². The molecular formula is C24H32N2O4. The van der Waals surface area contributed by atoms with Crippen LogP contribution >= 0.6 is 0 Å². The molecular weight excluding hydrogens is 380 g/mol. The highest BCUT2D eigenvalue weighted by atomic mass is 16.5. The fourth-order valence-electron chi connectivity index (χ4n) is 3.59. The van der Waals surface area contributed by atoms with Crippen molar-refractivity contribution in [2.45, 2.75) is 59.4 Å². The lowest BCUT2D eigenvalue weighted by Crippen LogP contribution is -2.38. The molecule has 0 bridgehead atoms. The summed E-state index contributed by atoms with van der Waals surface area (Å²) in [5, 5.41) is 0. The average molecular weight is 413 g/mol. The summed E-state index contributed by atoms with van der Waals surface area (Å²) in [4.78, 5) is 28.9. The molecule has 0 saturated carbocycles. The lowest BCUT2D eigenvalue weighted by molar-refractivity contribution is -0.121. The molecule has 0 radical (unpaired) electrons. The van der Waals surface area contributed by atoms with Gasteiger partial charge in [-0.1, -0.05) is 40.7 Å². The molecule has 0 spiro atoms. The molecule has 6 nitrogen and oxygen atoms in total. The van der Waals surface area contributed by atoms with Gasteiger partial charge in [0.2, 0.25) is 0 Å². The number of fused-ring (bicyclic) bond motifs is 1. The van der Waals surface area contributed by atoms with Crippen molar-refractivity contribution >= 4 is 17.5 Å². The van der Waals surface area contributed by atoms with Gasteiger partial charge in [-0.05, 0) is 48.1 Å². The van der Waals surface area contributed by atoms with Gasteiger partial charge >= 0.3 is 0 Å². The first-order chi connectivity index (χ1) is 14.2. The van der Waals surface area contributed by atoms with Crippen molar-refractivity contribution in [1.29, 1.82) is 0 Å². The van der Waals surface area contributed by atoms with Crippen molar-refractivity contribution in [2.24, 2.45) is 0 Å². The summed E-state index contributed by atoms with van der Waals surface area (Å²) in [6, 6.07) is 9.44.